The van der Waals surface area contributed by atoms with E-state index in [4.69, 9.17) is 11.6 Å². The molecular weight excluding hydrogens is 182 g/mol. The highest BCUT2D eigenvalue weighted by molar-refractivity contribution is 7.84. The normalized spacial score (nSPS) is 20.3. The van der Waals surface area contributed by atoms with Gasteiger partial charge in [-0.2, -0.15) is 4.40 Å². The van der Waals surface area contributed by atoms with Gasteiger partial charge >= 0.3 is 0 Å². The van der Waals surface area contributed by atoms with E-state index >= 15 is 0 Å². The van der Waals surface area contributed by atoms with Crippen molar-refractivity contribution in [3.05, 3.63) is 28.8 Å². The van der Waals surface area contributed by atoms with E-state index < -0.39 is 11.0 Å². The van der Waals surface area contributed by atoms with Gasteiger partial charge in [0.15, 0.2) is 11.0 Å². The van der Waals surface area contributed by atoms with Gasteiger partial charge in [-0.25, -0.2) is 4.21 Å². The maximum Gasteiger partial charge on any atom is 0.173 e. The molecule has 0 radical (unpaired) electrons. The summed E-state index contributed by atoms with van der Waals surface area (Å²) < 4.78 is 14.8. The summed E-state index contributed by atoms with van der Waals surface area (Å²) in [6, 6.07) is 5.30. The quantitative estimate of drug-likeness (QED) is 0.606. The van der Waals surface area contributed by atoms with Crippen molar-refractivity contribution in [1.29, 1.82) is 0 Å². The molecule has 0 aromatic heterocycles. The number of nitrogens with zero attached hydrogens (tertiary/aromatic N) is 1. The lowest BCUT2D eigenvalue weighted by atomic mass is 10.2. The number of halogens is 1. The molecule has 0 saturated heterocycles. The van der Waals surface area contributed by atoms with Crippen LogP contribution in [0.5, 0.6) is 0 Å². The van der Waals surface area contributed by atoms with Gasteiger partial charge in [-0.15, -0.1) is 0 Å². The second-order valence-corrected chi connectivity index (χ2v) is 3.69. The lowest BCUT2D eigenvalue weighted by molar-refractivity contribution is 0.685. The minimum absolute atomic E-state index is 0.608. The van der Waals surface area contributed by atoms with Crippen LogP contribution in [-0.2, 0) is 11.0 Å². The molecule has 0 aliphatic carbocycles. The molecule has 2 rings (SSSR count). The summed E-state index contributed by atoms with van der Waals surface area (Å²) in [5, 5.41) is 0.608. The highest BCUT2D eigenvalue weighted by Crippen LogP contribution is 2.25. The summed E-state index contributed by atoms with van der Waals surface area (Å²) in [4.78, 5) is 0.706. The summed E-state index contributed by atoms with van der Waals surface area (Å²) in [5.41, 5.74) is 0.785. The van der Waals surface area contributed by atoms with E-state index in [9.17, 15) is 4.21 Å². The van der Waals surface area contributed by atoms with Crippen LogP contribution < -0.4 is 0 Å². The van der Waals surface area contributed by atoms with Gasteiger partial charge < -0.3 is 0 Å². The van der Waals surface area contributed by atoms with Gasteiger partial charge in [-0.3, -0.25) is 0 Å². The first-order chi connectivity index (χ1) is 5.29. The summed E-state index contributed by atoms with van der Waals surface area (Å²) >= 11 is 5.81. The van der Waals surface area contributed by atoms with E-state index in [-0.39, 0.29) is 0 Å². The fourth-order valence-corrected chi connectivity index (χ4v) is 2.09. The van der Waals surface area contributed by atoms with Gasteiger partial charge in [-0.1, -0.05) is 17.7 Å². The third-order valence-corrected chi connectivity index (χ3v) is 2.84. The van der Waals surface area contributed by atoms with Gasteiger partial charge in [0, 0.05) is 11.8 Å². The third-order valence-electron chi connectivity index (χ3n) is 1.48. The van der Waals surface area contributed by atoms with Crippen LogP contribution in [0, 0.1) is 0 Å². The van der Waals surface area contributed by atoms with Gasteiger partial charge in [0.05, 0.1) is 9.92 Å². The maximum atomic E-state index is 11.1. The van der Waals surface area contributed by atoms with Crippen LogP contribution in [-0.4, -0.2) is 10.4 Å². The van der Waals surface area contributed by atoms with E-state index in [1.54, 1.807) is 24.4 Å². The van der Waals surface area contributed by atoms with E-state index in [1.165, 1.54) is 0 Å². The Morgan fingerprint density at radius 1 is 1.45 bits per heavy atom. The first-order valence-electron chi connectivity index (χ1n) is 3.03. The Morgan fingerprint density at radius 3 is 3.00 bits per heavy atom. The Hall–Kier alpha value is -0.670. The van der Waals surface area contributed by atoms with Crippen molar-refractivity contribution in [1.82, 2.24) is 0 Å². The predicted molar refractivity (Wildman–Crippen MR) is 45.5 cm³/mol. The van der Waals surface area contributed by atoms with Crippen LogP contribution in [0.2, 0.25) is 5.02 Å². The lowest BCUT2D eigenvalue weighted by Gasteiger charge is -1.95. The molecule has 1 unspecified atom stereocenters. The Labute approximate surface area is 71.5 Å². The second-order valence-electron chi connectivity index (χ2n) is 2.14. The molecule has 1 aromatic carbocycles. The Bertz CT molecular complexity index is 361. The minimum atomic E-state index is -1.22. The summed E-state index contributed by atoms with van der Waals surface area (Å²) in [6.07, 6.45) is 1.55. The van der Waals surface area contributed by atoms with Gasteiger partial charge in [0.2, 0.25) is 0 Å². The number of benzene rings is 1. The molecule has 0 N–H and O–H groups in total. The third kappa shape index (κ3) is 1.01. The SMILES string of the molecule is O=S1N=Cc2c(Cl)cccc21. The molecule has 4 heteroatoms. The fourth-order valence-electron chi connectivity index (χ4n) is 0.952. The standard InChI is InChI=1S/C7H4ClNOS/c8-6-2-1-3-7-5(6)4-9-11(7)10/h1-4H. The number of hydrogen-bond acceptors (Lipinski definition) is 1. The minimum Gasteiger partial charge on any atom is -0.229 e. The Kier molecular flexibility index (Phi) is 1.55. The zero-order valence-electron chi connectivity index (χ0n) is 5.45. The summed E-state index contributed by atoms with van der Waals surface area (Å²) in [6.45, 7) is 0. The Balaban J connectivity index is 2.74. The molecule has 0 amide bonds. The smallest absolute Gasteiger partial charge is 0.173 e. The van der Waals surface area contributed by atoms with Crippen molar-refractivity contribution in [2.75, 3.05) is 0 Å². The predicted octanol–water partition coefficient (Wildman–Crippen LogP) is 1.80. The van der Waals surface area contributed by atoms with Gasteiger partial charge in [0.1, 0.15) is 0 Å². The number of rotatable bonds is 0. The largest absolute Gasteiger partial charge is 0.229 e. The molecule has 2 nitrogen and oxygen atoms in total. The van der Waals surface area contributed by atoms with Gasteiger partial charge in [0.25, 0.3) is 0 Å². The highest BCUT2D eigenvalue weighted by atomic mass is 35.5. The summed E-state index contributed by atoms with van der Waals surface area (Å²) in [5.74, 6) is 0. The number of hydrogen-bond donors (Lipinski definition) is 0. The average molecular weight is 186 g/mol. The topological polar surface area (TPSA) is 29.4 Å². The first kappa shape index (κ1) is 7.00. The van der Waals surface area contributed by atoms with Crippen LogP contribution in [0.15, 0.2) is 27.5 Å². The molecule has 1 aliphatic rings. The van der Waals surface area contributed by atoms with Crippen LogP contribution in [0.4, 0.5) is 0 Å². The van der Waals surface area contributed by atoms with Crippen molar-refractivity contribution in [3.63, 3.8) is 0 Å². The number of fused-ring (bicyclic) bond motifs is 1. The van der Waals surface area contributed by atoms with E-state index in [0.717, 1.165) is 5.56 Å². The van der Waals surface area contributed by atoms with Crippen molar-refractivity contribution >= 4 is 28.8 Å². The average Bonchev–Trinajstić information content (AvgIpc) is 2.35. The van der Waals surface area contributed by atoms with Crippen LogP contribution in [0.3, 0.4) is 0 Å². The molecule has 56 valence electrons. The molecule has 0 fully saturated rings. The molecule has 11 heavy (non-hydrogen) atoms. The van der Waals surface area contributed by atoms with E-state index in [1.807, 2.05) is 0 Å². The molecule has 1 heterocycles. The highest BCUT2D eigenvalue weighted by Gasteiger charge is 2.15. The molecule has 1 atom stereocenters. The molecular formula is C7H4ClNOS. The summed E-state index contributed by atoms with van der Waals surface area (Å²) in [7, 11) is -1.22. The fraction of sp³-hybridized carbons (Fsp3) is 0. The molecule has 0 spiro atoms. The zero-order valence-corrected chi connectivity index (χ0v) is 7.02. The van der Waals surface area contributed by atoms with Crippen LogP contribution in [0.25, 0.3) is 0 Å². The van der Waals surface area contributed by atoms with Crippen LogP contribution in [0.1, 0.15) is 5.56 Å². The van der Waals surface area contributed by atoms with Crippen molar-refractivity contribution in [3.8, 4) is 0 Å². The van der Waals surface area contributed by atoms with Gasteiger partial charge in [-0.05, 0) is 12.1 Å². The Morgan fingerprint density at radius 2 is 2.27 bits per heavy atom. The molecule has 1 aliphatic heterocycles. The van der Waals surface area contributed by atoms with E-state index in [0.29, 0.717) is 9.92 Å². The maximum absolute atomic E-state index is 11.1. The molecule has 0 bridgehead atoms. The van der Waals surface area contributed by atoms with Crippen molar-refractivity contribution in [2.24, 2.45) is 4.40 Å². The lowest BCUT2D eigenvalue weighted by Crippen LogP contribution is -1.85. The molecule has 0 saturated carbocycles. The second kappa shape index (κ2) is 2.43. The molecule has 1 aromatic rings. The zero-order chi connectivity index (χ0) is 7.84. The first-order valence-corrected chi connectivity index (χ1v) is 4.52. The monoisotopic (exact) mass is 185 g/mol. The van der Waals surface area contributed by atoms with Crippen molar-refractivity contribution < 1.29 is 4.21 Å². The van der Waals surface area contributed by atoms with Crippen molar-refractivity contribution in [2.45, 2.75) is 4.90 Å². The van der Waals surface area contributed by atoms with Crippen LogP contribution >= 0.6 is 11.6 Å². The van der Waals surface area contributed by atoms with E-state index in [2.05, 4.69) is 4.40 Å².